The predicted molar refractivity (Wildman–Crippen MR) is 156 cm³/mol. The quantitative estimate of drug-likeness (QED) is 0.265. The fraction of sp³-hybridized carbons (Fsp3) is 0.886. The molecule has 0 aliphatic heterocycles. The molecule has 5 aliphatic carbocycles. The van der Waals surface area contributed by atoms with E-state index in [-0.39, 0.29) is 45.1 Å². The first-order valence-corrected chi connectivity index (χ1v) is 16.2. The molecule has 0 radical (unpaired) electrons. The van der Waals surface area contributed by atoms with Gasteiger partial charge in [0.15, 0.2) is 0 Å². The van der Waals surface area contributed by atoms with Crippen LogP contribution in [0.1, 0.15) is 126 Å². The van der Waals surface area contributed by atoms with E-state index in [1.807, 2.05) is 6.92 Å². The Balaban J connectivity index is 1.52. The molecule has 0 amide bonds. The zero-order chi connectivity index (χ0) is 28.6. The molecule has 0 bridgehead atoms. The van der Waals surface area contributed by atoms with Crippen LogP contribution < -0.4 is 0 Å². The third-order valence-corrected chi connectivity index (χ3v) is 14.2. The first kappa shape index (κ1) is 29.2. The van der Waals surface area contributed by atoms with Crippen LogP contribution in [0.5, 0.6) is 0 Å². The fourth-order valence-corrected chi connectivity index (χ4v) is 11.7. The highest BCUT2D eigenvalue weighted by molar-refractivity contribution is 5.78. The van der Waals surface area contributed by atoms with E-state index in [0.29, 0.717) is 36.0 Å². The van der Waals surface area contributed by atoms with E-state index in [9.17, 15) is 9.59 Å². The number of carbonyl (C=O) groups excluding carboxylic acids is 2. The summed E-state index contributed by atoms with van der Waals surface area (Å²) in [6.45, 7) is 19.4. The third kappa shape index (κ3) is 3.88. The van der Waals surface area contributed by atoms with Gasteiger partial charge in [0.2, 0.25) is 0 Å². The predicted octanol–water partition coefficient (Wildman–Crippen LogP) is 8.53. The molecule has 0 saturated heterocycles. The molecule has 0 N–H and O–H groups in total. The van der Waals surface area contributed by atoms with Gasteiger partial charge in [0, 0.05) is 11.8 Å². The molecule has 4 heteroatoms. The number of hydrogen-bond acceptors (Lipinski definition) is 4. The van der Waals surface area contributed by atoms with E-state index in [1.165, 1.54) is 12.8 Å². The summed E-state index contributed by atoms with van der Waals surface area (Å²) in [7, 11) is 1.59. The largest absolute Gasteiger partial charge is 0.469 e. The Morgan fingerprint density at radius 3 is 2.31 bits per heavy atom. The minimum absolute atomic E-state index is 0.0178. The van der Waals surface area contributed by atoms with Crippen molar-refractivity contribution in [3.05, 3.63) is 11.6 Å². The van der Waals surface area contributed by atoms with Crippen molar-refractivity contribution < 1.29 is 19.1 Å². The smallest absolute Gasteiger partial charge is 0.312 e. The van der Waals surface area contributed by atoms with Crippen LogP contribution >= 0.6 is 0 Å². The van der Waals surface area contributed by atoms with Gasteiger partial charge in [-0.3, -0.25) is 9.59 Å². The number of methoxy groups -OCH3 is 1. The normalized spacial score (nSPS) is 48.4. The van der Waals surface area contributed by atoms with Crippen LogP contribution in [0.25, 0.3) is 0 Å². The summed E-state index contributed by atoms with van der Waals surface area (Å²) in [4.78, 5) is 26.0. The molecule has 39 heavy (non-hydrogen) atoms. The highest BCUT2D eigenvalue weighted by Gasteiger charge is 2.69. The maximum Gasteiger partial charge on any atom is 0.312 e. The second-order valence-corrected chi connectivity index (χ2v) is 15.9. The number of hydrogen-bond donors (Lipinski definition) is 0. The average Bonchev–Trinajstić information content (AvgIpc) is 2.88. The Morgan fingerprint density at radius 1 is 0.923 bits per heavy atom. The van der Waals surface area contributed by atoms with E-state index < -0.39 is 0 Å². The number of ether oxygens (including phenoxy) is 2. The van der Waals surface area contributed by atoms with Crippen LogP contribution in [0.2, 0.25) is 0 Å². The van der Waals surface area contributed by atoms with Crippen molar-refractivity contribution in [3.8, 4) is 0 Å². The molecule has 0 aromatic heterocycles. The van der Waals surface area contributed by atoms with E-state index in [4.69, 9.17) is 9.47 Å². The molecule has 0 unspecified atom stereocenters. The van der Waals surface area contributed by atoms with Gasteiger partial charge >= 0.3 is 11.9 Å². The first-order valence-electron chi connectivity index (χ1n) is 16.2. The molecule has 10 atom stereocenters. The number of esters is 2. The monoisotopic (exact) mass is 540 g/mol. The maximum atomic E-state index is 13.5. The van der Waals surface area contributed by atoms with Crippen molar-refractivity contribution in [2.24, 2.45) is 56.7 Å². The van der Waals surface area contributed by atoms with Crippen LogP contribution in [0, 0.1) is 56.7 Å². The van der Waals surface area contributed by atoms with E-state index in [0.717, 1.165) is 51.4 Å². The summed E-state index contributed by atoms with van der Waals surface area (Å²) >= 11 is 0. The van der Waals surface area contributed by atoms with Gasteiger partial charge in [0.25, 0.3) is 0 Å². The molecule has 4 nitrogen and oxygen atoms in total. The second-order valence-electron chi connectivity index (χ2n) is 15.9. The lowest BCUT2D eigenvalue weighted by Crippen LogP contribution is -2.65. The Kier molecular flexibility index (Phi) is 7.20. The van der Waals surface area contributed by atoms with Crippen LogP contribution in [0.3, 0.4) is 0 Å². The zero-order valence-corrected chi connectivity index (χ0v) is 26.5. The zero-order valence-electron chi connectivity index (χ0n) is 26.5. The van der Waals surface area contributed by atoms with Gasteiger partial charge in [-0.25, -0.2) is 0 Å². The lowest BCUT2D eigenvalue weighted by Gasteiger charge is -2.71. The molecule has 4 saturated carbocycles. The molecule has 0 heterocycles. The Hall–Kier alpha value is -1.32. The summed E-state index contributed by atoms with van der Waals surface area (Å²) in [6, 6.07) is 0. The third-order valence-electron chi connectivity index (χ3n) is 14.2. The van der Waals surface area contributed by atoms with Crippen LogP contribution in [-0.4, -0.2) is 25.2 Å². The number of allylic oxidation sites excluding steroid dienone is 2. The SMILES string of the molecule is CCCC(=O)O[C@H]1CC[C@]2(C)[C@H]3CC=C4[C@@H]5[C@@H](C)[C@H](C)CC[C@]5(C(=O)OC)CC[C@@]4(C)[C@]3(C)CC[C@H]2C1(C)C. The average molecular weight is 541 g/mol. The highest BCUT2D eigenvalue weighted by Crippen LogP contribution is 2.76. The van der Waals surface area contributed by atoms with Crippen LogP contribution in [-0.2, 0) is 19.1 Å². The van der Waals surface area contributed by atoms with Crippen molar-refractivity contribution >= 4 is 11.9 Å². The first-order chi connectivity index (χ1) is 18.2. The lowest BCUT2D eigenvalue weighted by atomic mass is 9.33. The minimum Gasteiger partial charge on any atom is -0.469 e. The molecule has 0 aromatic carbocycles. The van der Waals surface area contributed by atoms with Gasteiger partial charge < -0.3 is 9.47 Å². The number of rotatable bonds is 4. The van der Waals surface area contributed by atoms with Crippen LogP contribution in [0.4, 0.5) is 0 Å². The van der Waals surface area contributed by atoms with Gasteiger partial charge in [-0.05, 0) is 110 Å². The minimum atomic E-state index is -0.348. The summed E-state index contributed by atoms with van der Waals surface area (Å²) in [5.41, 5.74) is 1.75. The van der Waals surface area contributed by atoms with Gasteiger partial charge in [0.1, 0.15) is 6.10 Å². The fourth-order valence-electron chi connectivity index (χ4n) is 11.7. The standard InChI is InChI=1S/C35H56O4/c1-10-11-28(36)39-27-16-17-32(6)25(31(27,4)5)15-18-34(8)26(32)13-12-24-29-23(3)22(2)14-19-35(29,30(37)38-9)21-20-33(24,34)7/h12,22-23,25-27,29H,10-11,13-21H2,1-9H3/t22-,23+,25+,26-,27+,29+,32+,33-,34-,35+/m1/s1. The lowest BCUT2D eigenvalue weighted by molar-refractivity contribution is -0.214. The van der Waals surface area contributed by atoms with Crippen LogP contribution in [0.15, 0.2) is 11.6 Å². The molecule has 5 rings (SSSR count). The Bertz CT molecular complexity index is 1030. The van der Waals surface area contributed by atoms with E-state index in [2.05, 4.69) is 54.5 Å². The number of carbonyl (C=O) groups is 2. The van der Waals surface area contributed by atoms with Crippen molar-refractivity contribution in [1.29, 1.82) is 0 Å². The van der Waals surface area contributed by atoms with E-state index >= 15 is 0 Å². The molecule has 220 valence electrons. The molecule has 4 fully saturated rings. The summed E-state index contributed by atoms with van der Waals surface area (Å²) in [5, 5.41) is 0. The molecular weight excluding hydrogens is 484 g/mol. The maximum absolute atomic E-state index is 13.5. The van der Waals surface area contributed by atoms with Gasteiger partial charge in [-0.15, -0.1) is 0 Å². The topological polar surface area (TPSA) is 52.6 Å². The second kappa shape index (κ2) is 9.62. The van der Waals surface area contributed by atoms with E-state index in [1.54, 1.807) is 12.7 Å². The molecule has 0 spiro atoms. The Labute approximate surface area is 238 Å². The van der Waals surface area contributed by atoms with Crippen molar-refractivity contribution in [1.82, 2.24) is 0 Å². The summed E-state index contributed by atoms with van der Waals surface area (Å²) < 4.78 is 11.7. The van der Waals surface area contributed by atoms with Crippen molar-refractivity contribution in [2.45, 2.75) is 132 Å². The van der Waals surface area contributed by atoms with Gasteiger partial charge in [-0.1, -0.05) is 67.0 Å². The van der Waals surface area contributed by atoms with Gasteiger partial charge in [0.05, 0.1) is 12.5 Å². The Morgan fingerprint density at radius 2 is 1.64 bits per heavy atom. The van der Waals surface area contributed by atoms with Gasteiger partial charge in [-0.2, -0.15) is 0 Å². The summed E-state index contributed by atoms with van der Waals surface area (Å²) in [5.74, 6) is 2.57. The van der Waals surface area contributed by atoms with Crippen molar-refractivity contribution in [2.75, 3.05) is 7.11 Å². The van der Waals surface area contributed by atoms with Crippen molar-refractivity contribution in [3.63, 3.8) is 0 Å². The number of fused-ring (bicyclic) bond motifs is 7. The molecule has 5 aliphatic rings. The molecular formula is C35H56O4. The highest BCUT2D eigenvalue weighted by atomic mass is 16.5. The molecule has 0 aromatic rings. The summed E-state index contributed by atoms with van der Waals surface area (Å²) in [6.07, 6.45) is 13.8.